The maximum atomic E-state index is 6.03. The van der Waals surface area contributed by atoms with Gasteiger partial charge in [-0.15, -0.1) is 0 Å². The lowest BCUT2D eigenvalue weighted by Gasteiger charge is -2.37. The van der Waals surface area contributed by atoms with Crippen molar-refractivity contribution in [1.29, 1.82) is 0 Å². The number of hydrogen-bond acceptors (Lipinski definition) is 2. The molecule has 104 valence electrons. The predicted octanol–water partition coefficient (Wildman–Crippen LogP) is 4.45. The van der Waals surface area contributed by atoms with Crippen LogP contribution in [0, 0.1) is 5.41 Å². The van der Waals surface area contributed by atoms with Crippen molar-refractivity contribution in [3.8, 4) is 0 Å². The molecule has 0 radical (unpaired) electrons. The Hall–Kier alpha value is -1.38. The first-order valence-electron chi connectivity index (χ1n) is 7.57. The zero-order valence-corrected chi connectivity index (χ0v) is 11.7. The third-order valence-corrected chi connectivity index (χ3v) is 4.79. The van der Waals surface area contributed by atoms with Crippen molar-refractivity contribution in [2.75, 3.05) is 13.2 Å². The molecule has 0 unspecified atom stereocenters. The van der Waals surface area contributed by atoms with Crippen LogP contribution >= 0.6 is 0 Å². The van der Waals surface area contributed by atoms with Crippen LogP contribution in [0.3, 0.4) is 0 Å². The summed E-state index contributed by atoms with van der Waals surface area (Å²) < 4.78 is 12.1. The second-order valence-electron chi connectivity index (χ2n) is 6.27. The molecule has 2 nitrogen and oxygen atoms in total. The Morgan fingerprint density at radius 1 is 0.850 bits per heavy atom. The van der Waals surface area contributed by atoms with E-state index in [-0.39, 0.29) is 6.29 Å². The SMILES string of the molecule is c1ccc2cc(C3OCC4(CCCC4)CO3)ccc2c1. The topological polar surface area (TPSA) is 18.5 Å². The van der Waals surface area contributed by atoms with Crippen molar-refractivity contribution < 1.29 is 9.47 Å². The van der Waals surface area contributed by atoms with Gasteiger partial charge in [-0.1, -0.05) is 49.2 Å². The highest BCUT2D eigenvalue weighted by Gasteiger charge is 2.39. The summed E-state index contributed by atoms with van der Waals surface area (Å²) in [5, 5.41) is 2.51. The number of benzene rings is 2. The van der Waals surface area contributed by atoms with E-state index in [1.54, 1.807) is 0 Å². The fourth-order valence-electron chi connectivity index (χ4n) is 3.56. The van der Waals surface area contributed by atoms with Gasteiger partial charge in [-0.05, 0) is 29.7 Å². The zero-order chi connectivity index (χ0) is 13.4. The van der Waals surface area contributed by atoms with Crippen molar-refractivity contribution in [3.63, 3.8) is 0 Å². The molecular weight excluding hydrogens is 248 g/mol. The van der Waals surface area contributed by atoms with E-state index in [0.717, 1.165) is 18.8 Å². The van der Waals surface area contributed by atoms with E-state index < -0.39 is 0 Å². The van der Waals surface area contributed by atoms with Crippen molar-refractivity contribution in [3.05, 3.63) is 48.0 Å². The summed E-state index contributed by atoms with van der Waals surface area (Å²) in [5.41, 5.74) is 1.45. The third kappa shape index (κ3) is 2.13. The molecule has 0 aromatic heterocycles. The molecule has 2 aromatic rings. The summed E-state index contributed by atoms with van der Waals surface area (Å²) in [4.78, 5) is 0. The van der Waals surface area contributed by atoms with Crippen molar-refractivity contribution >= 4 is 10.8 Å². The van der Waals surface area contributed by atoms with Crippen LogP contribution in [0.15, 0.2) is 42.5 Å². The molecule has 0 N–H and O–H groups in total. The second kappa shape index (κ2) is 4.87. The van der Waals surface area contributed by atoms with Gasteiger partial charge in [0.1, 0.15) is 0 Å². The van der Waals surface area contributed by atoms with Crippen LogP contribution in [0.5, 0.6) is 0 Å². The molecule has 2 fully saturated rings. The highest BCUT2D eigenvalue weighted by molar-refractivity contribution is 5.83. The van der Waals surface area contributed by atoms with Crippen LogP contribution in [0.25, 0.3) is 10.8 Å². The van der Waals surface area contributed by atoms with Gasteiger partial charge in [0, 0.05) is 11.0 Å². The van der Waals surface area contributed by atoms with Gasteiger partial charge in [0.05, 0.1) is 13.2 Å². The van der Waals surface area contributed by atoms with Crippen LogP contribution in [0.1, 0.15) is 37.5 Å². The minimum absolute atomic E-state index is 0.189. The highest BCUT2D eigenvalue weighted by atomic mass is 16.7. The molecule has 1 aliphatic heterocycles. The largest absolute Gasteiger partial charge is 0.348 e. The van der Waals surface area contributed by atoms with Gasteiger partial charge in [0.15, 0.2) is 6.29 Å². The maximum Gasteiger partial charge on any atom is 0.183 e. The van der Waals surface area contributed by atoms with Gasteiger partial charge in [0.25, 0.3) is 0 Å². The monoisotopic (exact) mass is 268 g/mol. The summed E-state index contributed by atoms with van der Waals surface area (Å²) in [6, 6.07) is 14.9. The normalized spacial score (nSPS) is 22.6. The van der Waals surface area contributed by atoms with Gasteiger partial charge in [-0.25, -0.2) is 0 Å². The van der Waals surface area contributed by atoms with Crippen LogP contribution in [-0.4, -0.2) is 13.2 Å². The maximum absolute atomic E-state index is 6.03. The minimum Gasteiger partial charge on any atom is -0.348 e. The van der Waals surface area contributed by atoms with Crippen LogP contribution in [0.4, 0.5) is 0 Å². The molecule has 0 atom stereocenters. The van der Waals surface area contributed by atoms with Crippen molar-refractivity contribution in [2.24, 2.45) is 5.41 Å². The zero-order valence-electron chi connectivity index (χ0n) is 11.7. The van der Waals surface area contributed by atoms with Gasteiger partial charge in [0.2, 0.25) is 0 Å². The van der Waals surface area contributed by atoms with Crippen LogP contribution in [-0.2, 0) is 9.47 Å². The number of hydrogen-bond donors (Lipinski definition) is 0. The lowest BCUT2D eigenvalue weighted by atomic mass is 9.87. The Kier molecular flexibility index (Phi) is 3.01. The fraction of sp³-hybridized carbons (Fsp3) is 0.444. The Morgan fingerprint density at radius 3 is 2.30 bits per heavy atom. The third-order valence-electron chi connectivity index (χ3n) is 4.79. The summed E-state index contributed by atoms with van der Waals surface area (Å²) in [6.45, 7) is 1.70. The molecule has 1 saturated carbocycles. The smallest absolute Gasteiger partial charge is 0.183 e. The number of ether oxygens (including phenoxy) is 2. The molecule has 4 rings (SSSR count). The molecule has 20 heavy (non-hydrogen) atoms. The standard InChI is InChI=1S/C18H20O2/c1-2-6-15-11-16(8-7-14(15)5-1)17-19-12-18(13-20-17)9-3-4-10-18/h1-2,5-8,11,17H,3-4,9-10,12-13H2. The summed E-state index contributed by atoms with van der Waals surface area (Å²) in [6.07, 6.45) is 4.99. The van der Waals surface area contributed by atoms with E-state index in [9.17, 15) is 0 Å². The van der Waals surface area contributed by atoms with E-state index in [1.165, 1.54) is 36.5 Å². The molecule has 1 heterocycles. The quantitative estimate of drug-likeness (QED) is 0.761. The van der Waals surface area contributed by atoms with Gasteiger partial charge < -0.3 is 9.47 Å². The minimum atomic E-state index is -0.189. The van der Waals surface area contributed by atoms with E-state index in [2.05, 4.69) is 42.5 Å². The van der Waals surface area contributed by atoms with E-state index in [4.69, 9.17) is 9.47 Å². The Bertz CT molecular complexity index is 604. The first-order chi connectivity index (χ1) is 9.85. The number of rotatable bonds is 1. The van der Waals surface area contributed by atoms with Crippen molar-refractivity contribution in [2.45, 2.75) is 32.0 Å². The lowest BCUT2D eigenvalue weighted by Crippen LogP contribution is -2.36. The molecule has 1 saturated heterocycles. The molecule has 0 bridgehead atoms. The molecule has 1 aliphatic carbocycles. The first-order valence-corrected chi connectivity index (χ1v) is 7.57. The molecule has 1 spiro atoms. The molecule has 2 aliphatic rings. The van der Waals surface area contributed by atoms with E-state index >= 15 is 0 Å². The Morgan fingerprint density at radius 2 is 1.55 bits per heavy atom. The Labute approximate surface area is 119 Å². The molecule has 2 heteroatoms. The van der Waals surface area contributed by atoms with E-state index in [0.29, 0.717) is 5.41 Å². The Balaban J connectivity index is 1.55. The van der Waals surface area contributed by atoms with E-state index in [1.807, 2.05) is 0 Å². The van der Waals surface area contributed by atoms with Gasteiger partial charge >= 0.3 is 0 Å². The van der Waals surface area contributed by atoms with Gasteiger partial charge in [-0.2, -0.15) is 0 Å². The average Bonchev–Trinajstić information content (AvgIpc) is 2.96. The molecule has 0 amide bonds. The average molecular weight is 268 g/mol. The van der Waals surface area contributed by atoms with Crippen LogP contribution < -0.4 is 0 Å². The summed E-state index contributed by atoms with van der Waals surface area (Å²) >= 11 is 0. The number of fused-ring (bicyclic) bond motifs is 1. The summed E-state index contributed by atoms with van der Waals surface area (Å²) in [5.74, 6) is 0. The fourth-order valence-corrected chi connectivity index (χ4v) is 3.56. The van der Waals surface area contributed by atoms with Gasteiger partial charge in [-0.3, -0.25) is 0 Å². The summed E-state index contributed by atoms with van der Waals surface area (Å²) in [7, 11) is 0. The van der Waals surface area contributed by atoms with Crippen LogP contribution in [0.2, 0.25) is 0 Å². The molecular formula is C18H20O2. The predicted molar refractivity (Wildman–Crippen MR) is 79.5 cm³/mol. The highest BCUT2D eigenvalue weighted by Crippen LogP contribution is 2.43. The second-order valence-corrected chi connectivity index (χ2v) is 6.27. The van der Waals surface area contributed by atoms with Crippen molar-refractivity contribution in [1.82, 2.24) is 0 Å². The lowest BCUT2D eigenvalue weighted by molar-refractivity contribution is -0.232. The first kappa shape index (κ1) is 12.4. The molecule has 2 aromatic carbocycles.